The Hall–Kier alpha value is -3.49. The number of aryl methyl sites for hydroxylation is 1. The number of carbonyl (C=O) groups is 2. The van der Waals surface area contributed by atoms with Crippen molar-refractivity contribution in [2.24, 2.45) is 11.8 Å². The summed E-state index contributed by atoms with van der Waals surface area (Å²) in [4.78, 5) is 28.6. The molecule has 0 aromatic heterocycles. The number of anilines is 1. The highest BCUT2D eigenvalue weighted by Crippen LogP contribution is 2.45. The van der Waals surface area contributed by atoms with E-state index >= 15 is 0 Å². The normalized spacial score (nSPS) is 26.5. The van der Waals surface area contributed by atoms with Gasteiger partial charge < -0.3 is 15.1 Å². The van der Waals surface area contributed by atoms with Gasteiger partial charge in [-0.25, -0.2) is 12.8 Å². The smallest absolute Gasteiger partial charge is 0.261 e. The van der Waals surface area contributed by atoms with E-state index in [1.54, 1.807) is 53.4 Å². The first-order chi connectivity index (χ1) is 17.7. The zero-order valence-corrected chi connectivity index (χ0v) is 21.1. The maximum atomic E-state index is 13.6. The lowest BCUT2D eigenvalue weighted by atomic mass is 10.2. The predicted molar refractivity (Wildman–Crippen MR) is 134 cm³/mol. The topological polar surface area (TPSA) is 123 Å². The Kier molecular flexibility index (Phi) is 6.64. The molecule has 2 N–H and O–H groups in total. The second-order valence-electron chi connectivity index (χ2n) is 9.96. The standard InChI is InChI=1S/C26H28FN5O4S/c1-16-2-8-21(9-3-16)37(35,36)30-19-6-4-17(5-7-19)26(34)31-14-22-23(15-31)25(22)29-12-24(33)32-13-18(27)10-20(32)11-28/h2-9,18,20,22-23,25,29-30H,10,12-15H2,1H3/t18-,20-,22?,23?,25?/m0/s1. The maximum Gasteiger partial charge on any atom is 0.261 e. The Morgan fingerprint density at radius 3 is 2.32 bits per heavy atom. The van der Waals surface area contributed by atoms with Crippen molar-refractivity contribution in [1.29, 1.82) is 5.26 Å². The molecule has 2 saturated heterocycles. The summed E-state index contributed by atoms with van der Waals surface area (Å²) in [5.41, 5.74) is 1.80. The van der Waals surface area contributed by atoms with Gasteiger partial charge in [-0.3, -0.25) is 14.3 Å². The zero-order valence-electron chi connectivity index (χ0n) is 20.3. The number of likely N-dealkylation sites (tertiary alicyclic amines) is 2. The van der Waals surface area contributed by atoms with Gasteiger partial charge in [0.05, 0.1) is 24.1 Å². The molecule has 5 rings (SSSR count). The van der Waals surface area contributed by atoms with Crippen LogP contribution < -0.4 is 10.0 Å². The molecular weight excluding hydrogens is 497 g/mol. The van der Waals surface area contributed by atoms with Gasteiger partial charge in [0.25, 0.3) is 15.9 Å². The Morgan fingerprint density at radius 2 is 1.70 bits per heavy atom. The predicted octanol–water partition coefficient (Wildman–Crippen LogP) is 1.92. The summed E-state index contributed by atoms with van der Waals surface area (Å²) >= 11 is 0. The first kappa shape index (κ1) is 25.2. The lowest BCUT2D eigenvalue weighted by Crippen LogP contribution is -2.43. The molecule has 2 aliphatic heterocycles. The molecule has 1 saturated carbocycles. The molecule has 9 nitrogen and oxygen atoms in total. The van der Waals surface area contributed by atoms with Crippen molar-refractivity contribution < 1.29 is 22.4 Å². The summed E-state index contributed by atoms with van der Waals surface area (Å²) < 4.78 is 41.3. The minimum absolute atomic E-state index is 0.0370. The molecule has 3 fully saturated rings. The van der Waals surface area contributed by atoms with Crippen LogP contribution in [0.1, 0.15) is 22.3 Å². The lowest BCUT2D eigenvalue weighted by molar-refractivity contribution is -0.130. The van der Waals surface area contributed by atoms with Crippen LogP contribution in [0.25, 0.3) is 0 Å². The van der Waals surface area contributed by atoms with Gasteiger partial charge in [0.1, 0.15) is 12.2 Å². The molecule has 11 heteroatoms. The summed E-state index contributed by atoms with van der Waals surface area (Å²) in [6, 6.07) is 14.3. The fourth-order valence-corrected chi connectivity index (χ4v) is 6.34. The van der Waals surface area contributed by atoms with Crippen molar-refractivity contribution in [3.8, 4) is 6.07 Å². The molecule has 4 atom stereocenters. The first-order valence-corrected chi connectivity index (χ1v) is 13.7. The van der Waals surface area contributed by atoms with Gasteiger partial charge in [-0.05, 0) is 55.2 Å². The first-order valence-electron chi connectivity index (χ1n) is 12.2. The fourth-order valence-electron chi connectivity index (χ4n) is 5.28. The molecule has 2 aromatic carbocycles. The molecule has 0 radical (unpaired) electrons. The second kappa shape index (κ2) is 9.76. The fraction of sp³-hybridized carbons (Fsp3) is 0.423. The van der Waals surface area contributed by atoms with E-state index in [1.165, 1.54) is 4.90 Å². The van der Waals surface area contributed by atoms with E-state index in [0.717, 1.165) is 5.56 Å². The number of benzene rings is 2. The highest BCUT2D eigenvalue weighted by Gasteiger charge is 2.56. The van der Waals surface area contributed by atoms with Crippen LogP contribution in [-0.4, -0.2) is 74.5 Å². The van der Waals surface area contributed by atoms with Gasteiger partial charge in [0.2, 0.25) is 5.91 Å². The van der Waals surface area contributed by atoms with Crippen molar-refractivity contribution >= 4 is 27.5 Å². The number of nitrogens with zero attached hydrogens (tertiary/aromatic N) is 3. The molecule has 0 bridgehead atoms. The molecular formula is C26H28FN5O4S. The van der Waals surface area contributed by atoms with E-state index in [9.17, 15) is 22.4 Å². The minimum atomic E-state index is -3.72. The number of rotatable bonds is 7. The quantitative estimate of drug-likeness (QED) is 0.570. The van der Waals surface area contributed by atoms with Gasteiger partial charge in [-0.1, -0.05) is 17.7 Å². The zero-order chi connectivity index (χ0) is 26.3. The summed E-state index contributed by atoms with van der Waals surface area (Å²) in [6.07, 6.45) is -1.09. The highest BCUT2D eigenvalue weighted by atomic mass is 32.2. The number of carbonyl (C=O) groups excluding carboxylic acids is 2. The summed E-state index contributed by atoms with van der Waals surface area (Å²) in [7, 11) is -3.72. The van der Waals surface area contributed by atoms with E-state index in [2.05, 4.69) is 10.0 Å². The van der Waals surface area contributed by atoms with Gasteiger partial charge >= 0.3 is 0 Å². The second-order valence-corrected chi connectivity index (χ2v) is 11.6. The van der Waals surface area contributed by atoms with Crippen LogP contribution in [-0.2, 0) is 14.8 Å². The van der Waals surface area contributed by atoms with Crippen LogP contribution in [0.5, 0.6) is 0 Å². The van der Waals surface area contributed by atoms with Crippen molar-refractivity contribution in [3.63, 3.8) is 0 Å². The third-order valence-electron chi connectivity index (χ3n) is 7.40. The summed E-state index contributed by atoms with van der Waals surface area (Å²) in [5, 5.41) is 12.3. The van der Waals surface area contributed by atoms with Crippen LogP contribution in [0.3, 0.4) is 0 Å². The van der Waals surface area contributed by atoms with Crippen LogP contribution in [0.2, 0.25) is 0 Å². The van der Waals surface area contributed by atoms with E-state index in [-0.39, 0.29) is 54.1 Å². The lowest BCUT2D eigenvalue weighted by Gasteiger charge is -2.22. The Balaban J connectivity index is 1.10. The van der Waals surface area contributed by atoms with Crippen molar-refractivity contribution in [2.75, 3.05) is 30.9 Å². The van der Waals surface area contributed by atoms with Crippen LogP contribution in [0, 0.1) is 30.1 Å². The number of amides is 2. The third-order valence-corrected chi connectivity index (χ3v) is 8.80. The van der Waals surface area contributed by atoms with Gasteiger partial charge in [0, 0.05) is 36.8 Å². The summed E-state index contributed by atoms with van der Waals surface area (Å²) in [5.74, 6) is 0.0915. The molecule has 3 aliphatic rings. The monoisotopic (exact) mass is 525 g/mol. The number of fused-ring (bicyclic) bond motifs is 1. The number of nitrogens with one attached hydrogen (secondary N) is 2. The molecule has 37 heavy (non-hydrogen) atoms. The van der Waals surface area contributed by atoms with E-state index in [1.807, 2.05) is 13.0 Å². The van der Waals surface area contributed by atoms with Crippen LogP contribution in [0.15, 0.2) is 53.4 Å². The number of hydrogen-bond donors (Lipinski definition) is 2. The molecule has 2 aromatic rings. The minimum Gasteiger partial charge on any atom is -0.338 e. The van der Waals surface area contributed by atoms with E-state index in [0.29, 0.717) is 24.3 Å². The Labute approximate surface area is 215 Å². The largest absolute Gasteiger partial charge is 0.338 e. The number of halogens is 1. The number of piperidine rings is 1. The van der Waals surface area contributed by atoms with Gasteiger partial charge in [-0.2, -0.15) is 5.26 Å². The number of alkyl halides is 1. The Morgan fingerprint density at radius 1 is 1.05 bits per heavy atom. The molecule has 2 heterocycles. The maximum absolute atomic E-state index is 13.6. The van der Waals surface area contributed by atoms with E-state index < -0.39 is 22.2 Å². The average Bonchev–Trinajstić information content (AvgIpc) is 3.18. The molecule has 194 valence electrons. The van der Waals surface area contributed by atoms with Crippen molar-refractivity contribution in [1.82, 2.24) is 15.1 Å². The SMILES string of the molecule is Cc1ccc(S(=O)(=O)Nc2ccc(C(=O)N3CC4C(C3)C4NCC(=O)N3C[C@@H](F)C[C@H]3C#N)cc2)cc1. The van der Waals surface area contributed by atoms with Gasteiger partial charge in [-0.15, -0.1) is 0 Å². The van der Waals surface area contributed by atoms with E-state index in [4.69, 9.17) is 5.26 Å². The highest BCUT2D eigenvalue weighted by molar-refractivity contribution is 7.92. The number of nitriles is 1. The molecule has 2 unspecified atom stereocenters. The van der Waals surface area contributed by atoms with Crippen LogP contribution >= 0.6 is 0 Å². The van der Waals surface area contributed by atoms with Crippen molar-refractivity contribution in [3.05, 3.63) is 59.7 Å². The number of hydrogen-bond acceptors (Lipinski definition) is 6. The van der Waals surface area contributed by atoms with Crippen molar-refractivity contribution in [2.45, 2.75) is 36.5 Å². The van der Waals surface area contributed by atoms with Gasteiger partial charge in [0.15, 0.2) is 0 Å². The number of sulfonamides is 1. The Bertz CT molecular complexity index is 1330. The molecule has 2 amide bonds. The van der Waals surface area contributed by atoms with Crippen LogP contribution in [0.4, 0.5) is 10.1 Å². The average molecular weight is 526 g/mol. The summed E-state index contributed by atoms with van der Waals surface area (Å²) in [6.45, 7) is 3.02. The molecule has 1 aliphatic carbocycles. The molecule has 0 spiro atoms. The third kappa shape index (κ3) is 5.17.